The van der Waals surface area contributed by atoms with E-state index >= 15 is 8.78 Å². The van der Waals surface area contributed by atoms with Gasteiger partial charge in [-0.25, -0.2) is 23.5 Å². The fraction of sp³-hybridized carbons (Fsp3) is 0.222. The van der Waals surface area contributed by atoms with Gasteiger partial charge in [0.25, 0.3) is 0 Å². The summed E-state index contributed by atoms with van der Waals surface area (Å²) < 4.78 is 43.7. The molecule has 0 amide bonds. The predicted octanol–water partition coefficient (Wildman–Crippen LogP) is 4.88. The summed E-state index contributed by atoms with van der Waals surface area (Å²) in [5.74, 6) is -1.58. The highest BCUT2D eigenvalue weighted by molar-refractivity contribution is 7.09. The van der Waals surface area contributed by atoms with Gasteiger partial charge in [0.15, 0.2) is 5.01 Å². The molecule has 1 atom stereocenters. The summed E-state index contributed by atoms with van der Waals surface area (Å²) in [7, 11) is 0. The van der Waals surface area contributed by atoms with Gasteiger partial charge in [0.05, 0.1) is 34.9 Å². The van der Waals surface area contributed by atoms with E-state index in [0.717, 1.165) is 18.6 Å². The topological polar surface area (TPSA) is 112 Å². The second kappa shape index (κ2) is 10.5. The Morgan fingerprint density at radius 3 is 2.77 bits per heavy atom. The number of rotatable bonds is 9. The highest BCUT2D eigenvalue weighted by Crippen LogP contribution is 2.29. The SMILES string of the molecule is O=C(O)c1ccc2nc(Cc3cc(F)c(-c4cccc(OCc5nncs5)n4)cc3F)n(CC3CCO3)c2c1. The minimum absolute atomic E-state index is 0.0000799. The fourth-order valence-electron chi connectivity index (χ4n) is 4.41. The first kappa shape index (κ1) is 25.0. The summed E-state index contributed by atoms with van der Waals surface area (Å²) in [6, 6.07) is 11.7. The van der Waals surface area contributed by atoms with Crippen molar-refractivity contribution in [3.63, 3.8) is 0 Å². The van der Waals surface area contributed by atoms with E-state index in [1.165, 1.54) is 17.4 Å². The maximum Gasteiger partial charge on any atom is 0.335 e. The van der Waals surface area contributed by atoms with Gasteiger partial charge in [0, 0.05) is 24.7 Å². The number of halogens is 2. The molecule has 5 aromatic rings. The number of pyridine rings is 1. The van der Waals surface area contributed by atoms with Gasteiger partial charge in [-0.2, -0.15) is 0 Å². The van der Waals surface area contributed by atoms with Crippen LogP contribution in [-0.4, -0.2) is 48.5 Å². The molecule has 9 nitrogen and oxygen atoms in total. The Morgan fingerprint density at radius 1 is 1.15 bits per heavy atom. The van der Waals surface area contributed by atoms with E-state index in [0.29, 0.717) is 35.0 Å². The van der Waals surface area contributed by atoms with Crippen molar-refractivity contribution in [1.82, 2.24) is 24.7 Å². The predicted molar refractivity (Wildman–Crippen MR) is 138 cm³/mol. The molecule has 0 spiro atoms. The summed E-state index contributed by atoms with van der Waals surface area (Å²) in [5.41, 5.74) is 3.22. The van der Waals surface area contributed by atoms with E-state index in [1.807, 2.05) is 4.57 Å². The lowest BCUT2D eigenvalue weighted by Gasteiger charge is -2.27. The number of aromatic nitrogens is 5. The average Bonchev–Trinajstić information content (AvgIpc) is 3.54. The third-order valence-corrected chi connectivity index (χ3v) is 7.16. The van der Waals surface area contributed by atoms with Crippen molar-refractivity contribution in [1.29, 1.82) is 0 Å². The summed E-state index contributed by atoms with van der Waals surface area (Å²) in [5, 5.41) is 17.7. The van der Waals surface area contributed by atoms with Gasteiger partial charge >= 0.3 is 5.97 Å². The molecule has 1 fully saturated rings. The lowest BCUT2D eigenvalue weighted by atomic mass is 10.0. The number of benzene rings is 2. The average molecular weight is 550 g/mol. The van der Waals surface area contributed by atoms with Gasteiger partial charge in [0.2, 0.25) is 5.88 Å². The van der Waals surface area contributed by atoms with Crippen LogP contribution >= 0.6 is 11.3 Å². The number of nitrogens with zero attached hydrogens (tertiary/aromatic N) is 5. The van der Waals surface area contributed by atoms with Crippen LogP contribution in [0.25, 0.3) is 22.3 Å². The quantitative estimate of drug-likeness (QED) is 0.277. The third-order valence-electron chi connectivity index (χ3n) is 6.49. The van der Waals surface area contributed by atoms with Crippen molar-refractivity contribution in [2.75, 3.05) is 6.61 Å². The zero-order chi connectivity index (χ0) is 26.9. The number of ether oxygens (including phenoxy) is 2. The Hall–Kier alpha value is -4.29. The number of hydrogen-bond donors (Lipinski definition) is 1. The Labute approximate surface area is 224 Å². The van der Waals surface area contributed by atoms with E-state index in [4.69, 9.17) is 9.47 Å². The van der Waals surface area contributed by atoms with Gasteiger partial charge in [-0.05, 0) is 48.4 Å². The first-order chi connectivity index (χ1) is 18.9. The second-order valence-corrected chi connectivity index (χ2v) is 9.93. The van der Waals surface area contributed by atoms with Crippen LogP contribution in [0.4, 0.5) is 8.78 Å². The molecule has 0 radical (unpaired) electrons. The molecule has 3 aromatic heterocycles. The van der Waals surface area contributed by atoms with Gasteiger partial charge in [-0.3, -0.25) is 0 Å². The highest BCUT2D eigenvalue weighted by Gasteiger charge is 2.23. The zero-order valence-corrected chi connectivity index (χ0v) is 21.2. The Balaban J connectivity index is 1.29. The van der Waals surface area contributed by atoms with Crippen LogP contribution in [0.15, 0.2) is 54.0 Å². The number of carbonyl (C=O) groups is 1. The van der Waals surface area contributed by atoms with Crippen LogP contribution in [0.3, 0.4) is 0 Å². The Morgan fingerprint density at radius 2 is 2.03 bits per heavy atom. The van der Waals surface area contributed by atoms with E-state index in [9.17, 15) is 9.90 Å². The van der Waals surface area contributed by atoms with Gasteiger partial charge < -0.3 is 19.1 Å². The molecule has 1 aliphatic rings. The normalized spacial score (nSPS) is 14.9. The van der Waals surface area contributed by atoms with Crippen LogP contribution in [0.2, 0.25) is 0 Å². The Kier molecular flexibility index (Phi) is 6.71. The van der Waals surface area contributed by atoms with E-state index in [1.54, 1.807) is 35.8 Å². The highest BCUT2D eigenvalue weighted by atomic mass is 32.1. The van der Waals surface area contributed by atoms with E-state index < -0.39 is 17.6 Å². The standard InChI is InChI=1S/C27H21F2N5O4S/c28-19-11-18(21-2-1-3-25(32-21)38-13-26-33-30-14-39-26)20(29)8-16(19)10-24-31-22-5-4-15(27(35)36)9-23(22)34(24)12-17-6-7-37-17/h1-5,8-9,11,14,17H,6-7,10,12-13H2,(H,35,36). The van der Waals surface area contributed by atoms with Crippen molar-refractivity contribution >= 4 is 28.3 Å². The molecule has 1 unspecified atom stereocenters. The molecule has 12 heteroatoms. The smallest absolute Gasteiger partial charge is 0.335 e. The zero-order valence-electron chi connectivity index (χ0n) is 20.4. The van der Waals surface area contributed by atoms with Gasteiger partial charge in [0.1, 0.15) is 29.6 Å². The van der Waals surface area contributed by atoms with Crippen LogP contribution in [-0.2, 0) is 24.3 Å². The van der Waals surface area contributed by atoms with Crippen LogP contribution < -0.4 is 4.74 Å². The van der Waals surface area contributed by atoms with Crippen LogP contribution in [0.1, 0.15) is 33.2 Å². The summed E-state index contributed by atoms with van der Waals surface area (Å²) in [4.78, 5) is 20.5. The maximum absolute atomic E-state index is 15.4. The van der Waals surface area contributed by atoms with Crippen molar-refractivity contribution in [3.8, 4) is 17.1 Å². The Bertz CT molecular complexity index is 1670. The first-order valence-electron chi connectivity index (χ1n) is 12.1. The van der Waals surface area contributed by atoms with Crippen molar-refractivity contribution < 1.29 is 28.2 Å². The lowest BCUT2D eigenvalue weighted by molar-refractivity contribution is -0.0589. The lowest BCUT2D eigenvalue weighted by Crippen LogP contribution is -2.31. The minimum atomic E-state index is -1.06. The monoisotopic (exact) mass is 549 g/mol. The maximum atomic E-state index is 15.4. The first-order valence-corrected chi connectivity index (χ1v) is 13.0. The van der Waals surface area contributed by atoms with Crippen LogP contribution in [0.5, 0.6) is 5.88 Å². The number of aromatic carboxylic acids is 1. The molecule has 6 rings (SSSR count). The third kappa shape index (κ3) is 5.20. The minimum Gasteiger partial charge on any atom is -0.478 e. The summed E-state index contributed by atoms with van der Waals surface area (Å²) >= 11 is 1.34. The number of carboxylic acids is 1. The molecule has 0 aliphatic carbocycles. The van der Waals surface area contributed by atoms with E-state index in [-0.39, 0.29) is 47.4 Å². The van der Waals surface area contributed by atoms with Crippen molar-refractivity contribution in [3.05, 3.63) is 87.6 Å². The van der Waals surface area contributed by atoms with Crippen molar-refractivity contribution in [2.24, 2.45) is 0 Å². The molecule has 4 heterocycles. The molecule has 39 heavy (non-hydrogen) atoms. The largest absolute Gasteiger partial charge is 0.478 e. The number of carboxylic acid groups (broad SMARTS) is 1. The molecule has 1 N–H and O–H groups in total. The molecule has 0 bridgehead atoms. The summed E-state index contributed by atoms with van der Waals surface area (Å²) in [6.07, 6.45) is 0.808. The van der Waals surface area contributed by atoms with Gasteiger partial charge in [-0.15, -0.1) is 21.5 Å². The van der Waals surface area contributed by atoms with Crippen molar-refractivity contribution in [2.45, 2.75) is 32.1 Å². The summed E-state index contributed by atoms with van der Waals surface area (Å²) in [6.45, 7) is 1.25. The second-order valence-electron chi connectivity index (χ2n) is 9.01. The molecule has 198 valence electrons. The van der Waals surface area contributed by atoms with E-state index in [2.05, 4.69) is 20.2 Å². The number of imidazole rings is 1. The molecular formula is C27H21F2N5O4S. The fourth-order valence-corrected chi connectivity index (χ4v) is 4.84. The number of fused-ring (bicyclic) bond motifs is 1. The molecule has 0 saturated carbocycles. The molecule has 1 aliphatic heterocycles. The van der Waals surface area contributed by atoms with Gasteiger partial charge in [-0.1, -0.05) is 6.07 Å². The van der Waals surface area contributed by atoms with Crippen LogP contribution in [0, 0.1) is 11.6 Å². The molecule has 1 saturated heterocycles. The molecular weight excluding hydrogens is 528 g/mol. The number of hydrogen-bond acceptors (Lipinski definition) is 8. The molecule has 2 aromatic carbocycles.